The molecule has 3 nitrogen and oxygen atoms in total. The molecule has 0 atom stereocenters. The summed E-state index contributed by atoms with van der Waals surface area (Å²) in [5, 5.41) is 5.41. The number of fused-ring (bicyclic) bond motifs is 2. The molecule has 6 heterocycles. The van der Waals surface area contributed by atoms with Crippen molar-refractivity contribution in [3.05, 3.63) is 92.9 Å². The Morgan fingerprint density at radius 3 is 1.53 bits per heavy atom. The topological polar surface area (TPSA) is 13.1 Å². The molecular formula is C33H31Br2N3. The van der Waals surface area contributed by atoms with Gasteiger partial charge in [-0.2, -0.15) is 0 Å². The number of nitrogens with zero attached hydrogens (tertiary/aromatic N) is 3. The first-order valence-corrected chi connectivity index (χ1v) is 15.3. The van der Waals surface area contributed by atoms with E-state index in [0.29, 0.717) is 0 Å². The van der Waals surface area contributed by atoms with Crippen LogP contribution in [-0.4, -0.2) is 20.6 Å². The van der Waals surface area contributed by atoms with Crippen LogP contribution in [0.4, 0.5) is 0 Å². The third-order valence-electron chi connectivity index (χ3n) is 8.19. The van der Waals surface area contributed by atoms with Crippen molar-refractivity contribution in [1.29, 1.82) is 0 Å². The molecule has 0 radical (unpaired) electrons. The zero-order valence-electron chi connectivity index (χ0n) is 21.7. The van der Waals surface area contributed by atoms with Crippen LogP contribution in [0.2, 0.25) is 0 Å². The molecule has 0 amide bonds. The molecule has 2 aromatic heterocycles. The largest absolute Gasteiger partial charge is 0.340 e. The SMILES string of the molecule is CCCCN1Cc2ccc3c(c2)c2cc(Br)ccc2n3CCCn2c3ccc(Br)cc3c3cc(ccc32)C1. The highest BCUT2D eigenvalue weighted by atomic mass is 79.9. The van der Waals surface area contributed by atoms with Crippen molar-refractivity contribution in [2.75, 3.05) is 6.54 Å². The van der Waals surface area contributed by atoms with Gasteiger partial charge in [-0.3, -0.25) is 4.90 Å². The summed E-state index contributed by atoms with van der Waals surface area (Å²) < 4.78 is 7.34. The monoisotopic (exact) mass is 627 g/mol. The quantitative estimate of drug-likeness (QED) is 0.190. The van der Waals surface area contributed by atoms with Gasteiger partial charge >= 0.3 is 0 Å². The molecule has 4 aromatic carbocycles. The van der Waals surface area contributed by atoms with Gasteiger partial charge in [-0.1, -0.05) is 57.3 Å². The molecule has 0 spiro atoms. The minimum Gasteiger partial charge on any atom is -0.340 e. The lowest BCUT2D eigenvalue weighted by Crippen LogP contribution is -2.24. The Kier molecular flexibility index (Phi) is 6.34. The van der Waals surface area contributed by atoms with Gasteiger partial charge < -0.3 is 9.13 Å². The number of halogens is 2. The zero-order chi connectivity index (χ0) is 25.8. The van der Waals surface area contributed by atoms with Crippen molar-refractivity contribution in [3.63, 3.8) is 0 Å². The van der Waals surface area contributed by atoms with Gasteiger partial charge in [0.2, 0.25) is 0 Å². The molecule has 192 valence electrons. The number of rotatable bonds is 3. The van der Waals surface area contributed by atoms with E-state index in [0.717, 1.165) is 48.1 Å². The summed E-state index contributed by atoms with van der Waals surface area (Å²) >= 11 is 7.46. The number of hydrogen-bond donors (Lipinski definition) is 0. The fourth-order valence-corrected chi connectivity index (χ4v) is 7.15. The maximum Gasteiger partial charge on any atom is 0.0492 e. The van der Waals surface area contributed by atoms with E-state index in [4.69, 9.17) is 0 Å². The molecule has 4 aliphatic heterocycles. The lowest BCUT2D eigenvalue weighted by Gasteiger charge is -2.23. The molecule has 0 aliphatic carbocycles. The van der Waals surface area contributed by atoms with Crippen molar-refractivity contribution in [3.8, 4) is 0 Å². The maximum absolute atomic E-state index is 3.73. The van der Waals surface area contributed by atoms with Crippen LogP contribution in [0.25, 0.3) is 43.6 Å². The predicted octanol–water partition coefficient (Wildman–Crippen LogP) is 9.63. The summed E-state index contributed by atoms with van der Waals surface area (Å²) in [6.45, 7) is 7.28. The van der Waals surface area contributed by atoms with Crippen molar-refractivity contribution in [2.45, 2.75) is 52.4 Å². The van der Waals surface area contributed by atoms with Crippen LogP contribution in [0.3, 0.4) is 0 Å². The van der Waals surface area contributed by atoms with Crippen molar-refractivity contribution < 1.29 is 0 Å². The summed E-state index contributed by atoms with van der Waals surface area (Å²) in [6.07, 6.45) is 3.48. The summed E-state index contributed by atoms with van der Waals surface area (Å²) in [6, 6.07) is 27.8. The molecule has 8 bridgehead atoms. The fraction of sp³-hybridized carbons (Fsp3) is 0.273. The maximum atomic E-state index is 3.73. The van der Waals surface area contributed by atoms with Gasteiger partial charge in [-0.25, -0.2) is 0 Å². The molecule has 4 aliphatic rings. The molecular weight excluding hydrogens is 598 g/mol. The van der Waals surface area contributed by atoms with Gasteiger partial charge in [0.15, 0.2) is 0 Å². The Balaban J connectivity index is 1.43. The average molecular weight is 629 g/mol. The molecule has 0 N–H and O–H groups in total. The standard InChI is InChI=1S/C33H31Br2N3/c1-2-3-13-36-20-22-5-9-30-26(16-22)28-18-24(34)7-11-32(28)37(30)14-4-15-38-31-10-6-23(21-36)17-27(31)29-19-25(35)8-12-33(29)38/h5-12,16-19H,2-4,13-15,20-21H2,1H3. The summed E-state index contributed by atoms with van der Waals surface area (Å²) in [5.74, 6) is 0. The van der Waals surface area contributed by atoms with E-state index in [-0.39, 0.29) is 0 Å². The molecule has 10 rings (SSSR count). The van der Waals surface area contributed by atoms with Crippen LogP contribution in [0, 0.1) is 0 Å². The molecule has 5 heteroatoms. The van der Waals surface area contributed by atoms with E-state index >= 15 is 0 Å². The highest BCUT2D eigenvalue weighted by Gasteiger charge is 2.17. The first-order valence-electron chi connectivity index (χ1n) is 13.7. The Labute approximate surface area is 240 Å². The van der Waals surface area contributed by atoms with Crippen LogP contribution in [0.1, 0.15) is 37.3 Å². The lowest BCUT2D eigenvalue weighted by molar-refractivity contribution is 0.253. The molecule has 38 heavy (non-hydrogen) atoms. The number of aryl methyl sites for hydroxylation is 2. The Morgan fingerprint density at radius 1 is 0.605 bits per heavy atom. The van der Waals surface area contributed by atoms with Crippen molar-refractivity contribution >= 4 is 75.5 Å². The normalized spacial score (nSPS) is 14.9. The van der Waals surface area contributed by atoms with Gasteiger partial charge in [0.1, 0.15) is 0 Å². The Morgan fingerprint density at radius 2 is 1.05 bits per heavy atom. The van der Waals surface area contributed by atoms with E-state index in [2.05, 4.69) is 126 Å². The van der Waals surface area contributed by atoms with Crippen LogP contribution < -0.4 is 0 Å². The second-order valence-corrected chi connectivity index (χ2v) is 12.6. The molecule has 0 saturated carbocycles. The van der Waals surface area contributed by atoms with Crippen molar-refractivity contribution in [2.24, 2.45) is 0 Å². The van der Waals surface area contributed by atoms with Gasteiger partial charge in [0, 0.05) is 78.7 Å². The minimum atomic E-state index is 0.960. The fourth-order valence-electron chi connectivity index (χ4n) is 6.42. The summed E-state index contributed by atoms with van der Waals surface area (Å²) in [4.78, 5) is 2.63. The number of unbranched alkanes of at least 4 members (excludes halogenated alkanes) is 1. The molecule has 0 unspecified atom stereocenters. The first-order chi connectivity index (χ1) is 18.6. The van der Waals surface area contributed by atoms with Crippen LogP contribution in [0.5, 0.6) is 0 Å². The van der Waals surface area contributed by atoms with Crippen molar-refractivity contribution in [1.82, 2.24) is 14.0 Å². The second-order valence-electron chi connectivity index (χ2n) is 10.7. The zero-order valence-corrected chi connectivity index (χ0v) is 24.9. The van der Waals surface area contributed by atoms with Gasteiger partial charge in [-0.15, -0.1) is 0 Å². The van der Waals surface area contributed by atoms with E-state index < -0.39 is 0 Å². The number of hydrogen-bond acceptors (Lipinski definition) is 1. The number of benzene rings is 4. The van der Waals surface area contributed by atoms with Gasteiger partial charge in [0.25, 0.3) is 0 Å². The highest BCUT2D eigenvalue weighted by Crippen LogP contribution is 2.35. The minimum absolute atomic E-state index is 0.960. The first kappa shape index (κ1) is 24.4. The summed E-state index contributed by atoms with van der Waals surface area (Å²) in [5.41, 5.74) is 8.10. The van der Waals surface area contributed by atoms with E-state index in [1.54, 1.807) is 0 Å². The Bertz CT molecular complexity index is 1700. The van der Waals surface area contributed by atoms with Crippen LogP contribution in [0.15, 0.2) is 81.7 Å². The molecule has 0 fully saturated rings. The smallest absolute Gasteiger partial charge is 0.0492 e. The van der Waals surface area contributed by atoms with Crippen LogP contribution in [-0.2, 0) is 26.2 Å². The third-order valence-corrected chi connectivity index (χ3v) is 9.17. The van der Waals surface area contributed by atoms with Gasteiger partial charge in [0.05, 0.1) is 0 Å². The summed E-state index contributed by atoms with van der Waals surface area (Å²) in [7, 11) is 0. The molecule has 6 aromatic rings. The molecule has 0 saturated heterocycles. The van der Waals surface area contributed by atoms with E-state index in [1.165, 1.54) is 67.6 Å². The van der Waals surface area contributed by atoms with Gasteiger partial charge in [-0.05, 0) is 91.2 Å². The van der Waals surface area contributed by atoms with E-state index in [9.17, 15) is 0 Å². The highest BCUT2D eigenvalue weighted by molar-refractivity contribution is 9.10. The Hall–Kier alpha value is -2.60. The lowest BCUT2D eigenvalue weighted by atomic mass is 10.1. The number of aromatic nitrogens is 2. The predicted molar refractivity (Wildman–Crippen MR) is 168 cm³/mol. The van der Waals surface area contributed by atoms with E-state index in [1.807, 2.05) is 0 Å². The third kappa shape index (κ3) is 4.20. The second kappa shape index (κ2) is 9.86. The average Bonchev–Trinajstić information content (AvgIpc) is 3.38. The van der Waals surface area contributed by atoms with Crippen LogP contribution >= 0.6 is 31.9 Å².